The molecule has 8 heteroatoms. The number of aromatic nitrogens is 1. The molecule has 0 aliphatic heterocycles. The molecule has 0 radical (unpaired) electrons. The number of sulfonamides is 1. The summed E-state index contributed by atoms with van der Waals surface area (Å²) >= 11 is 7.42. The lowest BCUT2D eigenvalue weighted by Crippen LogP contribution is -2.14. The van der Waals surface area contributed by atoms with E-state index < -0.39 is 10.0 Å². The number of hydrogen-bond donors (Lipinski definition) is 2. The second-order valence-corrected chi connectivity index (χ2v) is 9.02. The minimum Gasteiger partial charge on any atom is -0.391 e. The lowest BCUT2D eigenvalue weighted by Gasteiger charge is -2.12. The molecule has 1 heterocycles. The van der Waals surface area contributed by atoms with Crippen LogP contribution < -0.4 is 4.72 Å². The van der Waals surface area contributed by atoms with E-state index >= 15 is 0 Å². The predicted molar refractivity (Wildman–Crippen MR) is 105 cm³/mol. The number of aryl methyl sites for hydroxylation is 2. The van der Waals surface area contributed by atoms with Crippen molar-refractivity contribution in [2.75, 3.05) is 4.72 Å². The summed E-state index contributed by atoms with van der Waals surface area (Å²) in [5.41, 5.74) is 2.50. The molecule has 2 aromatic carbocycles. The van der Waals surface area contributed by atoms with Gasteiger partial charge in [-0.05, 0) is 49.2 Å². The number of benzene rings is 2. The van der Waals surface area contributed by atoms with Gasteiger partial charge in [-0.1, -0.05) is 23.7 Å². The predicted octanol–water partition coefficient (Wildman–Crippen LogP) is 4.37. The van der Waals surface area contributed by atoms with Gasteiger partial charge in [-0.2, -0.15) is 0 Å². The maximum Gasteiger partial charge on any atom is 0.262 e. The fourth-order valence-corrected chi connectivity index (χ4v) is 4.83. The van der Waals surface area contributed by atoms with Crippen LogP contribution in [0.5, 0.6) is 0 Å². The highest BCUT2D eigenvalue weighted by Gasteiger charge is 2.19. The van der Waals surface area contributed by atoms with Crippen molar-refractivity contribution in [1.29, 1.82) is 0 Å². The average Bonchev–Trinajstić information content (AvgIpc) is 3.07. The molecule has 0 saturated carbocycles. The monoisotopic (exact) mass is 408 g/mol. The number of aliphatic hydroxyl groups is 1. The van der Waals surface area contributed by atoms with Crippen LogP contribution in [0.1, 0.15) is 16.0 Å². The number of nitrogens with one attached hydrogen (secondary N) is 1. The highest BCUT2D eigenvalue weighted by Crippen LogP contribution is 2.29. The molecular weight excluding hydrogens is 392 g/mol. The second-order valence-electron chi connectivity index (χ2n) is 5.84. The van der Waals surface area contributed by atoms with Gasteiger partial charge in [0.1, 0.15) is 5.01 Å². The van der Waals surface area contributed by atoms with E-state index in [1.807, 2.05) is 6.07 Å². The molecule has 0 atom stereocenters. The summed E-state index contributed by atoms with van der Waals surface area (Å²) in [7, 11) is -3.75. The first kappa shape index (κ1) is 18.8. The lowest BCUT2D eigenvalue weighted by atomic mass is 10.2. The molecule has 3 rings (SSSR count). The van der Waals surface area contributed by atoms with Crippen molar-refractivity contribution in [2.24, 2.45) is 0 Å². The van der Waals surface area contributed by atoms with E-state index in [-0.39, 0.29) is 11.5 Å². The Labute approximate surface area is 161 Å². The first-order chi connectivity index (χ1) is 12.3. The van der Waals surface area contributed by atoms with Crippen LogP contribution >= 0.6 is 22.9 Å². The summed E-state index contributed by atoms with van der Waals surface area (Å²) in [6.07, 6.45) is 1.61. The van der Waals surface area contributed by atoms with Crippen LogP contribution in [0.25, 0.3) is 10.6 Å². The molecule has 0 aliphatic rings. The molecule has 0 bridgehead atoms. The normalized spacial score (nSPS) is 11.5. The summed E-state index contributed by atoms with van der Waals surface area (Å²) in [4.78, 5) is 5.20. The third-order valence-electron chi connectivity index (χ3n) is 3.82. The van der Waals surface area contributed by atoms with Crippen molar-refractivity contribution in [3.05, 3.63) is 63.6 Å². The number of rotatable bonds is 5. The smallest absolute Gasteiger partial charge is 0.262 e. The van der Waals surface area contributed by atoms with Gasteiger partial charge in [-0.25, -0.2) is 13.4 Å². The number of halogens is 1. The van der Waals surface area contributed by atoms with Gasteiger partial charge >= 0.3 is 0 Å². The average molecular weight is 409 g/mol. The third kappa shape index (κ3) is 3.91. The molecule has 3 aromatic rings. The Hall–Kier alpha value is -1.93. The Morgan fingerprint density at radius 1 is 1.19 bits per heavy atom. The van der Waals surface area contributed by atoms with Crippen molar-refractivity contribution < 1.29 is 13.5 Å². The Bertz CT molecular complexity index is 1060. The molecule has 0 unspecified atom stereocenters. The summed E-state index contributed by atoms with van der Waals surface area (Å²) in [5.74, 6) is 0. The summed E-state index contributed by atoms with van der Waals surface area (Å²) < 4.78 is 28.2. The Balaban J connectivity index is 1.93. The third-order valence-corrected chi connectivity index (χ3v) is 6.78. The molecule has 0 amide bonds. The quantitative estimate of drug-likeness (QED) is 0.656. The number of aliphatic hydroxyl groups excluding tert-OH is 1. The second kappa shape index (κ2) is 7.36. The molecule has 2 N–H and O–H groups in total. The number of anilines is 1. The molecule has 136 valence electrons. The lowest BCUT2D eigenvalue weighted by molar-refractivity contribution is 0.285. The fraction of sp³-hybridized carbons (Fsp3) is 0.167. The maximum absolute atomic E-state index is 12.8. The number of hydrogen-bond acceptors (Lipinski definition) is 5. The van der Waals surface area contributed by atoms with E-state index in [0.717, 1.165) is 10.4 Å². The van der Waals surface area contributed by atoms with E-state index in [9.17, 15) is 8.42 Å². The summed E-state index contributed by atoms with van der Waals surface area (Å²) in [6.45, 7) is 3.41. The number of thiazole rings is 1. The van der Waals surface area contributed by atoms with Crippen LogP contribution in [0.3, 0.4) is 0 Å². The van der Waals surface area contributed by atoms with Crippen molar-refractivity contribution in [3.8, 4) is 10.6 Å². The molecule has 0 aliphatic carbocycles. The summed E-state index contributed by atoms with van der Waals surface area (Å²) in [5, 5.41) is 10.4. The van der Waals surface area contributed by atoms with Crippen LogP contribution in [-0.4, -0.2) is 18.5 Å². The van der Waals surface area contributed by atoms with E-state index in [1.165, 1.54) is 11.3 Å². The van der Waals surface area contributed by atoms with E-state index in [2.05, 4.69) is 9.71 Å². The van der Waals surface area contributed by atoms with Crippen molar-refractivity contribution in [1.82, 2.24) is 4.98 Å². The van der Waals surface area contributed by atoms with Crippen LogP contribution in [0.2, 0.25) is 5.02 Å². The first-order valence-corrected chi connectivity index (χ1v) is 10.4. The Kier molecular flexibility index (Phi) is 5.34. The van der Waals surface area contributed by atoms with Crippen LogP contribution in [-0.2, 0) is 16.6 Å². The van der Waals surface area contributed by atoms with E-state index in [0.29, 0.717) is 26.8 Å². The minimum absolute atomic E-state index is 0.0703. The van der Waals surface area contributed by atoms with Gasteiger partial charge in [-0.15, -0.1) is 11.3 Å². The van der Waals surface area contributed by atoms with Crippen molar-refractivity contribution in [2.45, 2.75) is 25.3 Å². The standard InChI is InChI=1S/C18H17ClN2O3S2/c1-11-7-17(12(2)6-16(11)19)26(23,24)21-14-5-3-4-13(8-14)18-20-9-15(10-22)25-18/h3-9,21-22H,10H2,1-2H3. The molecule has 0 spiro atoms. The van der Waals surface area contributed by atoms with Gasteiger partial charge in [-0.3, -0.25) is 4.72 Å². The molecule has 0 saturated heterocycles. The molecular formula is C18H17ClN2O3S2. The minimum atomic E-state index is -3.75. The van der Waals surface area contributed by atoms with Gasteiger partial charge in [0.2, 0.25) is 0 Å². The van der Waals surface area contributed by atoms with Gasteiger partial charge in [0.05, 0.1) is 16.4 Å². The first-order valence-electron chi connectivity index (χ1n) is 7.76. The highest BCUT2D eigenvalue weighted by atomic mass is 35.5. The molecule has 5 nitrogen and oxygen atoms in total. The van der Waals surface area contributed by atoms with Crippen molar-refractivity contribution >= 4 is 38.6 Å². The van der Waals surface area contributed by atoms with Crippen LogP contribution in [0.15, 0.2) is 47.5 Å². The van der Waals surface area contributed by atoms with Gasteiger partial charge in [0, 0.05) is 22.5 Å². The van der Waals surface area contributed by atoms with Gasteiger partial charge in [0.25, 0.3) is 10.0 Å². The van der Waals surface area contributed by atoms with Gasteiger partial charge < -0.3 is 5.11 Å². The fourth-order valence-electron chi connectivity index (χ4n) is 2.48. The molecule has 26 heavy (non-hydrogen) atoms. The van der Waals surface area contributed by atoms with E-state index in [1.54, 1.807) is 50.4 Å². The topological polar surface area (TPSA) is 79.3 Å². The number of nitrogens with zero attached hydrogens (tertiary/aromatic N) is 1. The zero-order chi connectivity index (χ0) is 18.9. The van der Waals surface area contributed by atoms with Crippen LogP contribution in [0.4, 0.5) is 5.69 Å². The van der Waals surface area contributed by atoms with Crippen molar-refractivity contribution in [3.63, 3.8) is 0 Å². The molecule has 1 aromatic heterocycles. The maximum atomic E-state index is 12.8. The SMILES string of the molecule is Cc1cc(S(=O)(=O)Nc2cccc(-c3ncc(CO)s3)c2)c(C)cc1Cl. The molecule has 0 fully saturated rings. The Morgan fingerprint density at radius 2 is 1.96 bits per heavy atom. The van der Waals surface area contributed by atoms with Gasteiger partial charge in [0.15, 0.2) is 0 Å². The highest BCUT2D eigenvalue weighted by molar-refractivity contribution is 7.92. The Morgan fingerprint density at radius 3 is 2.65 bits per heavy atom. The zero-order valence-corrected chi connectivity index (χ0v) is 16.5. The van der Waals surface area contributed by atoms with Crippen LogP contribution in [0, 0.1) is 13.8 Å². The largest absolute Gasteiger partial charge is 0.391 e. The summed E-state index contributed by atoms with van der Waals surface area (Å²) in [6, 6.07) is 10.2. The zero-order valence-electron chi connectivity index (χ0n) is 14.2. The van der Waals surface area contributed by atoms with E-state index in [4.69, 9.17) is 16.7 Å².